The number of aromatic amines is 1. The second-order valence-electron chi connectivity index (χ2n) is 4.86. The van der Waals surface area contributed by atoms with E-state index in [2.05, 4.69) is 32.7 Å². The molecular weight excluding hydrogens is 200 g/mol. The van der Waals surface area contributed by atoms with Crippen LogP contribution in [-0.2, 0) is 0 Å². The molecule has 0 spiro atoms. The predicted molar refractivity (Wildman–Crippen MR) is 66.2 cm³/mol. The van der Waals surface area contributed by atoms with Crippen molar-refractivity contribution < 1.29 is 0 Å². The molecule has 0 aliphatic carbocycles. The molecule has 2 aromatic heterocycles. The molecule has 0 atom stereocenters. The lowest BCUT2D eigenvalue weighted by Gasteiger charge is -2.08. The summed E-state index contributed by atoms with van der Waals surface area (Å²) in [5.41, 5.74) is 3.17. The Hall–Kier alpha value is -1.51. The average molecular weight is 218 g/mol. The number of fused-ring (bicyclic) bond motifs is 1. The van der Waals surface area contributed by atoms with Crippen molar-refractivity contribution in [1.82, 2.24) is 9.38 Å². The molecular formula is C13H18N2O. The smallest absolute Gasteiger partial charge is 0.257 e. The molecule has 0 saturated heterocycles. The number of nitrogens with zero attached hydrogens (tertiary/aromatic N) is 1. The Labute approximate surface area is 95.1 Å². The van der Waals surface area contributed by atoms with Crippen LogP contribution in [0.3, 0.4) is 0 Å². The van der Waals surface area contributed by atoms with Crippen LogP contribution in [0.4, 0.5) is 0 Å². The van der Waals surface area contributed by atoms with E-state index >= 15 is 0 Å². The molecule has 0 bridgehead atoms. The molecule has 0 fully saturated rings. The zero-order valence-electron chi connectivity index (χ0n) is 10.2. The molecule has 2 heterocycles. The van der Waals surface area contributed by atoms with E-state index in [1.807, 2.05) is 12.3 Å². The van der Waals surface area contributed by atoms with Crippen LogP contribution < -0.4 is 5.56 Å². The number of nitrogens with one attached hydrogen (secondary N) is 1. The molecule has 86 valence electrons. The fourth-order valence-electron chi connectivity index (χ4n) is 1.92. The third-order valence-corrected chi connectivity index (χ3v) is 2.94. The number of hydrogen-bond donors (Lipinski definition) is 1. The molecule has 0 radical (unpaired) electrons. The second kappa shape index (κ2) is 3.81. The molecule has 0 amide bonds. The summed E-state index contributed by atoms with van der Waals surface area (Å²) in [5, 5.41) is 0. The average Bonchev–Trinajstić information content (AvgIpc) is 2.61. The third-order valence-electron chi connectivity index (χ3n) is 2.94. The van der Waals surface area contributed by atoms with E-state index in [-0.39, 0.29) is 5.56 Å². The molecule has 1 N–H and O–H groups in total. The van der Waals surface area contributed by atoms with Crippen molar-refractivity contribution in [2.45, 2.75) is 39.5 Å². The Morgan fingerprint density at radius 2 is 1.88 bits per heavy atom. The Kier molecular flexibility index (Phi) is 2.62. The van der Waals surface area contributed by atoms with Crippen molar-refractivity contribution in [3.8, 4) is 0 Å². The summed E-state index contributed by atoms with van der Waals surface area (Å²) in [7, 11) is 0. The van der Waals surface area contributed by atoms with E-state index < -0.39 is 0 Å². The highest BCUT2D eigenvalue weighted by Gasteiger charge is 2.10. The molecule has 0 unspecified atom stereocenters. The molecule has 2 rings (SSSR count). The molecule has 0 saturated carbocycles. The predicted octanol–water partition coefficient (Wildman–Crippen LogP) is 2.87. The minimum Gasteiger partial charge on any atom is -0.344 e. The number of aromatic nitrogens is 2. The Balaban J connectivity index is 2.76. The summed E-state index contributed by atoms with van der Waals surface area (Å²) >= 11 is 0. The van der Waals surface area contributed by atoms with Gasteiger partial charge >= 0.3 is 0 Å². The highest BCUT2D eigenvalue weighted by molar-refractivity contribution is 5.51. The van der Waals surface area contributed by atoms with Gasteiger partial charge in [-0.25, -0.2) is 0 Å². The fourth-order valence-corrected chi connectivity index (χ4v) is 1.92. The van der Waals surface area contributed by atoms with E-state index in [1.54, 1.807) is 10.5 Å². The van der Waals surface area contributed by atoms with Crippen molar-refractivity contribution in [2.24, 2.45) is 0 Å². The van der Waals surface area contributed by atoms with Crippen molar-refractivity contribution in [2.75, 3.05) is 0 Å². The van der Waals surface area contributed by atoms with Crippen molar-refractivity contribution >= 4 is 5.65 Å². The van der Waals surface area contributed by atoms with Gasteiger partial charge in [-0.2, -0.15) is 0 Å². The van der Waals surface area contributed by atoms with Gasteiger partial charge in [0, 0.05) is 18.0 Å². The maximum absolute atomic E-state index is 11.9. The Morgan fingerprint density at radius 3 is 2.44 bits per heavy atom. The summed E-state index contributed by atoms with van der Waals surface area (Å²) in [6.07, 6.45) is 1.84. The lowest BCUT2D eigenvalue weighted by atomic mass is 10.1. The van der Waals surface area contributed by atoms with Crippen LogP contribution in [0.2, 0.25) is 0 Å². The van der Waals surface area contributed by atoms with Gasteiger partial charge in [-0.05, 0) is 23.5 Å². The molecule has 3 nitrogen and oxygen atoms in total. The summed E-state index contributed by atoms with van der Waals surface area (Å²) < 4.78 is 1.68. The van der Waals surface area contributed by atoms with Gasteiger partial charge in [-0.15, -0.1) is 0 Å². The molecule has 0 aliphatic heterocycles. The second-order valence-corrected chi connectivity index (χ2v) is 4.86. The molecule has 16 heavy (non-hydrogen) atoms. The minimum absolute atomic E-state index is 0.0457. The van der Waals surface area contributed by atoms with Gasteiger partial charge in [0.25, 0.3) is 5.56 Å². The normalized spacial score (nSPS) is 11.9. The lowest BCUT2D eigenvalue weighted by Crippen LogP contribution is -2.14. The largest absolute Gasteiger partial charge is 0.344 e. The van der Waals surface area contributed by atoms with Crippen molar-refractivity contribution in [3.63, 3.8) is 0 Å². The van der Waals surface area contributed by atoms with E-state index in [0.717, 1.165) is 11.3 Å². The van der Waals surface area contributed by atoms with E-state index in [0.29, 0.717) is 11.8 Å². The summed E-state index contributed by atoms with van der Waals surface area (Å²) in [4.78, 5) is 15.2. The van der Waals surface area contributed by atoms with Crippen LogP contribution >= 0.6 is 0 Å². The van der Waals surface area contributed by atoms with E-state index in [1.165, 1.54) is 5.56 Å². The van der Waals surface area contributed by atoms with Crippen molar-refractivity contribution in [1.29, 1.82) is 0 Å². The standard InChI is InChI=1S/C13H18N2O/c1-8(2)10-5-6-15-12(16)7-11(9(3)4)14-13(10)15/h5-9,14H,1-4H3. The SMILES string of the molecule is CC(C)c1cc(=O)n2ccc(C(C)C)c2[nH]1. The topological polar surface area (TPSA) is 37.3 Å². The van der Waals surface area contributed by atoms with Gasteiger partial charge in [0.1, 0.15) is 5.65 Å². The highest BCUT2D eigenvalue weighted by atomic mass is 16.1. The van der Waals surface area contributed by atoms with Gasteiger partial charge in [-0.1, -0.05) is 27.7 Å². The molecule has 3 heteroatoms. The van der Waals surface area contributed by atoms with Gasteiger partial charge in [0.2, 0.25) is 0 Å². The van der Waals surface area contributed by atoms with Crippen LogP contribution in [-0.4, -0.2) is 9.38 Å². The monoisotopic (exact) mass is 218 g/mol. The maximum Gasteiger partial charge on any atom is 0.257 e. The third kappa shape index (κ3) is 1.66. The fraction of sp³-hybridized carbons (Fsp3) is 0.462. The van der Waals surface area contributed by atoms with Gasteiger partial charge in [-0.3, -0.25) is 9.20 Å². The zero-order valence-corrected chi connectivity index (χ0v) is 10.2. The van der Waals surface area contributed by atoms with Crippen molar-refractivity contribution in [3.05, 3.63) is 39.9 Å². The zero-order chi connectivity index (χ0) is 11.9. The number of rotatable bonds is 2. The summed E-state index contributed by atoms with van der Waals surface area (Å²) in [6, 6.07) is 3.70. The number of hydrogen-bond acceptors (Lipinski definition) is 1. The maximum atomic E-state index is 11.9. The van der Waals surface area contributed by atoms with E-state index in [4.69, 9.17) is 0 Å². The van der Waals surface area contributed by atoms with Gasteiger partial charge in [0.05, 0.1) is 0 Å². The van der Waals surface area contributed by atoms with Gasteiger partial charge < -0.3 is 4.98 Å². The van der Waals surface area contributed by atoms with Crippen LogP contribution in [0.5, 0.6) is 0 Å². The molecule has 0 aliphatic rings. The van der Waals surface area contributed by atoms with Gasteiger partial charge in [0.15, 0.2) is 0 Å². The first-order chi connectivity index (χ1) is 7.50. The van der Waals surface area contributed by atoms with E-state index in [9.17, 15) is 4.79 Å². The first-order valence-electron chi connectivity index (χ1n) is 5.75. The summed E-state index contributed by atoms with van der Waals surface area (Å²) in [6.45, 7) is 8.44. The molecule has 0 aromatic carbocycles. The van der Waals surface area contributed by atoms with Crippen LogP contribution in [0.15, 0.2) is 23.1 Å². The summed E-state index contributed by atoms with van der Waals surface area (Å²) in [5.74, 6) is 0.760. The lowest BCUT2D eigenvalue weighted by molar-refractivity contribution is 0.807. The minimum atomic E-state index is 0.0457. The van der Waals surface area contributed by atoms with Crippen LogP contribution in [0.1, 0.15) is 50.8 Å². The quantitative estimate of drug-likeness (QED) is 0.826. The molecule has 2 aromatic rings. The van der Waals surface area contributed by atoms with Crippen LogP contribution in [0, 0.1) is 0 Å². The highest BCUT2D eigenvalue weighted by Crippen LogP contribution is 2.20. The first-order valence-corrected chi connectivity index (χ1v) is 5.75. The Bertz CT molecular complexity index is 561. The number of H-pyrrole nitrogens is 1. The van der Waals surface area contributed by atoms with Crippen LogP contribution in [0.25, 0.3) is 5.65 Å². The Morgan fingerprint density at radius 1 is 1.19 bits per heavy atom. The first kappa shape index (κ1) is 11.0.